The second kappa shape index (κ2) is 6.88. The summed E-state index contributed by atoms with van der Waals surface area (Å²) in [7, 11) is 3.20. The van der Waals surface area contributed by atoms with Crippen molar-refractivity contribution in [2.45, 2.75) is 24.9 Å². The zero-order valence-corrected chi connectivity index (χ0v) is 12.0. The second-order valence-corrected chi connectivity index (χ2v) is 4.90. The van der Waals surface area contributed by atoms with Crippen molar-refractivity contribution in [2.24, 2.45) is 0 Å². The maximum atomic E-state index is 9.65. The smallest absolute Gasteiger partial charge is 0.183 e. The molecule has 2 rings (SSSR count). The highest BCUT2D eigenvalue weighted by molar-refractivity contribution is 5.42. The molecule has 0 aromatic carbocycles. The third-order valence-electron chi connectivity index (χ3n) is 3.75. The minimum absolute atomic E-state index is 0.0860. The molecule has 1 aliphatic heterocycles. The quantitative estimate of drug-likeness (QED) is 0.801. The first-order valence-electron chi connectivity index (χ1n) is 6.74. The van der Waals surface area contributed by atoms with Crippen LogP contribution < -0.4 is 14.8 Å². The van der Waals surface area contributed by atoms with Gasteiger partial charge in [0.1, 0.15) is 0 Å². The largest absolute Gasteiger partial charge is 0.493 e. The third kappa shape index (κ3) is 3.20. The van der Waals surface area contributed by atoms with Gasteiger partial charge in [-0.3, -0.25) is 4.98 Å². The molecule has 6 nitrogen and oxygen atoms in total. The average molecular weight is 282 g/mol. The first-order valence-corrected chi connectivity index (χ1v) is 6.74. The van der Waals surface area contributed by atoms with Gasteiger partial charge in [0, 0.05) is 37.6 Å². The van der Waals surface area contributed by atoms with Crippen molar-refractivity contribution in [3.63, 3.8) is 0 Å². The van der Waals surface area contributed by atoms with Crippen molar-refractivity contribution < 1.29 is 19.3 Å². The van der Waals surface area contributed by atoms with Gasteiger partial charge in [0.2, 0.25) is 0 Å². The summed E-state index contributed by atoms with van der Waals surface area (Å²) in [6.45, 7) is 1.93. The highest BCUT2D eigenvalue weighted by Crippen LogP contribution is 2.29. The predicted molar refractivity (Wildman–Crippen MR) is 74.1 cm³/mol. The van der Waals surface area contributed by atoms with Crippen LogP contribution in [0.15, 0.2) is 12.3 Å². The van der Waals surface area contributed by atoms with Crippen LogP contribution in [0.3, 0.4) is 0 Å². The zero-order chi connectivity index (χ0) is 14.4. The third-order valence-corrected chi connectivity index (χ3v) is 3.75. The van der Waals surface area contributed by atoms with Crippen molar-refractivity contribution in [2.75, 3.05) is 34.0 Å². The van der Waals surface area contributed by atoms with E-state index in [1.54, 1.807) is 26.5 Å². The standard InChI is InChI=1S/C14H22N2O4/c1-18-12-3-6-15-11(13(12)19-2)9-16-14(10-17)4-7-20-8-5-14/h3,6,16-17H,4-5,7-10H2,1-2H3. The van der Waals surface area contributed by atoms with Crippen molar-refractivity contribution in [1.82, 2.24) is 10.3 Å². The molecule has 0 amide bonds. The van der Waals surface area contributed by atoms with Crippen LogP contribution >= 0.6 is 0 Å². The number of hydrogen-bond acceptors (Lipinski definition) is 6. The van der Waals surface area contributed by atoms with Gasteiger partial charge in [-0.05, 0) is 12.8 Å². The number of aliphatic hydroxyl groups excluding tert-OH is 1. The number of methoxy groups -OCH3 is 2. The summed E-state index contributed by atoms with van der Waals surface area (Å²) >= 11 is 0. The highest BCUT2D eigenvalue weighted by Gasteiger charge is 2.31. The topological polar surface area (TPSA) is 72.8 Å². The molecule has 1 fully saturated rings. The van der Waals surface area contributed by atoms with E-state index in [1.807, 2.05) is 0 Å². The Hall–Kier alpha value is -1.37. The number of nitrogens with zero attached hydrogens (tertiary/aromatic N) is 1. The Bertz CT molecular complexity index is 433. The first kappa shape index (κ1) is 15.0. The molecular weight excluding hydrogens is 260 g/mol. The summed E-state index contributed by atoms with van der Waals surface area (Å²) in [5.74, 6) is 1.28. The SMILES string of the molecule is COc1ccnc(CNC2(CO)CCOCC2)c1OC. The summed E-state index contributed by atoms with van der Waals surface area (Å²) in [5.41, 5.74) is 0.472. The lowest BCUT2D eigenvalue weighted by molar-refractivity contribution is 0.0109. The fourth-order valence-corrected chi connectivity index (χ4v) is 2.40. The molecular formula is C14H22N2O4. The van der Waals surface area contributed by atoms with Gasteiger partial charge in [-0.15, -0.1) is 0 Å². The summed E-state index contributed by atoms with van der Waals surface area (Å²) in [6.07, 6.45) is 3.26. The minimum Gasteiger partial charge on any atom is -0.493 e. The predicted octanol–water partition coefficient (Wildman–Crippen LogP) is 0.730. The van der Waals surface area contributed by atoms with Crippen LogP contribution in [-0.2, 0) is 11.3 Å². The van der Waals surface area contributed by atoms with Crippen LogP contribution in [0.4, 0.5) is 0 Å². The molecule has 20 heavy (non-hydrogen) atoms. The Labute approximate surface area is 119 Å². The van der Waals surface area contributed by atoms with Crippen molar-refractivity contribution in [3.8, 4) is 11.5 Å². The fourth-order valence-electron chi connectivity index (χ4n) is 2.40. The van der Waals surface area contributed by atoms with E-state index in [-0.39, 0.29) is 12.1 Å². The van der Waals surface area contributed by atoms with Gasteiger partial charge in [-0.1, -0.05) is 0 Å². The maximum absolute atomic E-state index is 9.65. The monoisotopic (exact) mass is 282 g/mol. The Balaban J connectivity index is 2.09. The number of pyridine rings is 1. The molecule has 0 saturated carbocycles. The van der Waals surface area contributed by atoms with Gasteiger partial charge in [0.15, 0.2) is 11.5 Å². The van der Waals surface area contributed by atoms with Crippen molar-refractivity contribution >= 4 is 0 Å². The first-order chi connectivity index (χ1) is 9.74. The van der Waals surface area contributed by atoms with Crippen LogP contribution in [0, 0.1) is 0 Å². The average Bonchev–Trinajstić information content (AvgIpc) is 2.53. The zero-order valence-electron chi connectivity index (χ0n) is 12.0. The lowest BCUT2D eigenvalue weighted by atomic mass is 9.91. The van der Waals surface area contributed by atoms with E-state index < -0.39 is 0 Å². The summed E-state index contributed by atoms with van der Waals surface area (Å²) < 4.78 is 16.0. The van der Waals surface area contributed by atoms with E-state index in [1.165, 1.54) is 0 Å². The number of rotatable bonds is 6. The number of aromatic nitrogens is 1. The molecule has 0 radical (unpaired) electrons. The van der Waals surface area contributed by atoms with Gasteiger partial charge in [0.25, 0.3) is 0 Å². The molecule has 1 aromatic heterocycles. The lowest BCUT2D eigenvalue weighted by Crippen LogP contribution is -2.52. The minimum atomic E-state index is -0.298. The van der Waals surface area contributed by atoms with E-state index in [0.29, 0.717) is 31.3 Å². The van der Waals surface area contributed by atoms with E-state index in [0.717, 1.165) is 18.5 Å². The molecule has 0 unspecified atom stereocenters. The number of aliphatic hydroxyl groups is 1. The molecule has 0 bridgehead atoms. The Morgan fingerprint density at radius 3 is 2.70 bits per heavy atom. The van der Waals surface area contributed by atoms with E-state index in [9.17, 15) is 5.11 Å². The van der Waals surface area contributed by atoms with Gasteiger partial charge in [-0.25, -0.2) is 0 Å². The van der Waals surface area contributed by atoms with Gasteiger partial charge < -0.3 is 24.6 Å². The van der Waals surface area contributed by atoms with E-state index in [2.05, 4.69) is 10.3 Å². The summed E-state index contributed by atoms with van der Waals surface area (Å²) in [6, 6.07) is 1.76. The molecule has 2 N–H and O–H groups in total. The van der Waals surface area contributed by atoms with Gasteiger partial charge in [-0.2, -0.15) is 0 Å². The fraction of sp³-hybridized carbons (Fsp3) is 0.643. The Morgan fingerprint density at radius 2 is 2.10 bits per heavy atom. The van der Waals surface area contributed by atoms with Crippen LogP contribution in [0.1, 0.15) is 18.5 Å². The molecule has 1 saturated heterocycles. The molecule has 1 aromatic rings. The van der Waals surface area contributed by atoms with E-state index in [4.69, 9.17) is 14.2 Å². The lowest BCUT2D eigenvalue weighted by Gasteiger charge is -2.36. The van der Waals surface area contributed by atoms with Crippen LogP contribution in [0.25, 0.3) is 0 Å². The molecule has 0 atom stereocenters. The Morgan fingerprint density at radius 1 is 1.35 bits per heavy atom. The maximum Gasteiger partial charge on any atom is 0.183 e. The van der Waals surface area contributed by atoms with Crippen molar-refractivity contribution in [3.05, 3.63) is 18.0 Å². The molecule has 2 heterocycles. The van der Waals surface area contributed by atoms with Crippen LogP contribution in [0.5, 0.6) is 11.5 Å². The second-order valence-electron chi connectivity index (χ2n) is 4.90. The van der Waals surface area contributed by atoms with Crippen LogP contribution in [0.2, 0.25) is 0 Å². The van der Waals surface area contributed by atoms with E-state index >= 15 is 0 Å². The molecule has 0 spiro atoms. The number of ether oxygens (including phenoxy) is 3. The molecule has 1 aliphatic rings. The summed E-state index contributed by atoms with van der Waals surface area (Å²) in [4.78, 5) is 4.33. The normalized spacial score (nSPS) is 17.8. The Kier molecular flexibility index (Phi) is 5.17. The summed E-state index contributed by atoms with van der Waals surface area (Å²) in [5, 5.41) is 13.1. The van der Waals surface area contributed by atoms with Crippen LogP contribution in [-0.4, -0.2) is 49.7 Å². The van der Waals surface area contributed by atoms with Gasteiger partial charge >= 0.3 is 0 Å². The number of hydrogen-bond donors (Lipinski definition) is 2. The number of nitrogens with one attached hydrogen (secondary N) is 1. The van der Waals surface area contributed by atoms with Gasteiger partial charge in [0.05, 0.1) is 26.5 Å². The van der Waals surface area contributed by atoms with Crippen molar-refractivity contribution in [1.29, 1.82) is 0 Å². The molecule has 6 heteroatoms. The molecule has 112 valence electrons. The molecule has 0 aliphatic carbocycles. The highest BCUT2D eigenvalue weighted by atomic mass is 16.5.